The average Bonchev–Trinajstić information content (AvgIpc) is 2.38. The Morgan fingerprint density at radius 1 is 1.40 bits per heavy atom. The Hall–Kier alpha value is -0.700. The van der Waals surface area contributed by atoms with Gasteiger partial charge in [0.05, 0.1) is 0 Å². The molecule has 0 aliphatic rings. The maximum absolute atomic E-state index is 13.9. The molecule has 4 nitrogen and oxygen atoms in total. The normalized spacial score (nSPS) is 13.4. The highest BCUT2D eigenvalue weighted by Crippen LogP contribution is 2.20. The minimum atomic E-state index is -4.00. The summed E-state index contributed by atoms with van der Waals surface area (Å²) in [6.07, 6.45) is 2.54. The molecule has 0 amide bonds. The third kappa shape index (κ3) is 4.15. The lowest BCUT2D eigenvalue weighted by Gasteiger charge is -2.12. The molecule has 0 saturated carbocycles. The second-order valence-corrected chi connectivity index (χ2v) is 7.29. The standard InChI is InChI=1S/C12H18F2N2O2S2/c1-8(19-2)5-6-16-20(17,18)11-4-3-10(13)9(7-15)12(11)14/h3-4,8,16H,5-7,15H2,1-2H3. The largest absolute Gasteiger partial charge is 0.326 e. The van der Waals surface area contributed by atoms with Crippen molar-refractivity contribution in [1.29, 1.82) is 0 Å². The lowest BCUT2D eigenvalue weighted by molar-refractivity contribution is 0.525. The van der Waals surface area contributed by atoms with Crippen molar-refractivity contribution in [1.82, 2.24) is 4.72 Å². The average molecular weight is 324 g/mol. The monoisotopic (exact) mass is 324 g/mol. The van der Waals surface area contributed by atoms with Crippen LogP contribution in [0.4, 0.5) is 8.78 Å². The predicted molar refractivity (Wildman–Crippen MR) is 77.0 cm³/mol. The van der Waals surface area contributed by atoms with E-state index in [0.29, 0.717) is 6.42 Å². The van der Waals surface area contributed by atoms with E-state index in [-0.39, 0.29) is 11.8 Å². The summed E-state index contributed by atoms with van der Waals surface area (Å²) in [5.74, 6) is -1.97. The van der Waals surface area contributed by atoms with Gasteiger partial charge in [-0.3, -0.25) is 0 Å². The second kappa shape index (κ2) is 7.35. The summed E-state index contributed by atoms with van der Waals surface area (Å²) in [6.45, 7) is 1.76. The van der Waals surface area contributed by atoms with E-state index >= 15 is 0 Å². The van der Waals surface area contributed by atoms with Crippen molar-refractivity contribution in [2.45, 2.75) is 30.0 Å². The predicted octanol–water partition coefficient (Wildman–Crippen LogP) is 1.84. The molecule has 20 heavy (non-hydrogen) atoms. The highest BCUT2D eigenvalue weighted by molar-refractivity contribution is 7.99. The summed E-state index contributed by atoms with van der Waals surface area (Å²) in [5.41, 5.74) is 4.80. The zero-order valence-corrected chi connectivity index (χ0v) is 13.0. The van der Waals surface area contributed by atoms with Crippen LogP contribution in [0.2, 0.25) is 0 Å². The molecule has 0 radical (unpaired) electrons. The summed E-state index contributed by atoms with van der Waals surface area (Å²) in [7, 11) is -4.00. The summed E-state index contributed by atoms with van der Waals surface area (Å²) >= 11 is 1.61. The number of nitrogens with two attached hydrogens (primary N) is 1. The maximum atomic E-state index is 13.9. The van der Waals surface area contributed by atoms with E-state index in [0.717, 1.165) is 12.1 Å². The van der Waals surface area contributed by atoms with E-state index in [1.54, 1.807) is 11.8 Å². The molecule has 1 unspecified atom stereocenters. The van der Waals surface area contributed by atoms with E-state index < -0.39 is 38.7 Å². The van der Waals surface area contributed by atoms with Gasteiger partial charge in [0.25, 0.3) is 0 Å². The second-order valence-electron chi connectivity index (χ2n) is 4.27. The number of rotatable bonds is 7. The van der Waals surface area contributed by atoms with Gasteiger partial charge in [-0.2, -0.15) is 11.8 Å². The molecule has 0 bridgehead atoms. The fourth-order valence-corrected chi connectivity index (χ4v) is 3.06. The van der Waals surface area contributed by atoms with Gasteiger partial charge in [-0.25, -0.2) is 21.9 Å². The van der Waals surface area contributed by atoms with Gasteiger partial charge in [-0.1, -0.05) is 6.92 Å². The van der Waals surface area contributed by atoms with E-state index in [1.165, 1.54) is 0 Å². The maximum Gasteiger partial charge on any atom is 0.243 e. The molecule has 8 heteroatoms. The van der Waals surface area contributed by atoms with Crippen molar-refractivity contribution in [2.24, 2.45) is 5.73 Å². The van der Waals surface area contributed by atoms with Crippen LogP contribution in [0.3, 0.4) is 0 Å². The lowest BCUT2D eigenvalue weighted by Crippen LogP contribution is -2.27. The van der Waals surface area contributed by atoms with E-state index in [2.05, 4.69) is 4.72 Å². The van der Waals surface area contributed by atoms with Crippen LogP contribution in [0.25, 0.3) is 0 Å². The van der Waals surface area contributed by atoms with Crippen molar-refractivity contribution in [2.75, 3.05) is 12.8 Å². The zero-order valence-electron chi connectivity index (χ0n) is 11.3. The molecule has 0 spiro atoms. The van der Waals surface area contributed by atoms with Gasteiger partial charge in [0.1, 0.15) is 10.7 Å². The van der Waals surface area contributed by atoms with Gasteiger partial charge >= 0.3 is 0 Å². The van der Waals surface area contributed by atoms with Crippen molar-refractivity contribution in [3.8, 4) is 0 Å². The highest BCUT2D eigenvalue weighted by Gasteiger charge is 2.22. The number of sulfonamides is 1. The minimum absolute atomic E-state index is 0.194. The van der Waals surface area contributed by atoms with Crippen molar-refractivity contribution >= 4 is 21.8 Å². The third-order valence-electron chi connectivity index (χ3n) is 2.89. The third-order valence-corrected chi connectivity index (χ3v) is 5.41. The molecule has 0 saturated heterocycles. The van der Waals surface area contributed by atoms with Crippen LogP contribution < -0.4 is 10.5 Å². The first kappa shape index (κ1) is 17.4. The van der Waals surface area contributed by atoms with Crippen molar-refractivity contribution in [3.05, 3.63) is 29.3 Å². The fraction of sp³-hybridized carbons (Fsp3) is 0.500. The van der Waals surface area contributed by atoms with Crippen LogP contribution in [0.5, 0.6) is 0 Å². The summed E-state index contributed by atoms with van der Waals surface area (Å²) in [5, 5.41) is 0.287. The number of nitrogens with one attached hydrogen (secondary N) is 1. The molecule has 0 aromatic heterocycles. The van der Waals surface area contributed by atoms with E-state index in [9.17, 15) is 17.2 Å². The van der Waals surface area contributed by atoms with Gasteiger partial charge < -0.3 is 5.73 Å². The molecule has 1 atom stereocenters. The fourth-order valence-electron chi connectivity index (χ4n) is 1.56. The summed E-state index contributed by atoms with van der Waals surface area (Å²) in [4.78, 5) is -0.573. The quantitative estimate of drug-likeness (QED) is 0.803. The molecule has 0 fully saturated rings. The van der Waals surface area contributed by atoms with Crippen LogP contribution >= 0.6 is 11.8 Å². The Morgan fingerprint density at radius 2 is 2.05 bits per heavy atom. The molecular formula is C12H18F2N2O2S2. The van der Waals surface area contributed by atoms with Crippen LogP contribution in [0.15, 0.2) is 17.0 Å². The highest BCUT2D eigenvalue weighted by atomic mass is 32.2. The van der Waals surface area contributed by atoms with Gasteiger partial charge in [0.15, 0.2) is 5.82 Å². The molecule has 1 aromatic carbocycles. The Balaban J connectivity index is 2.93. The smallest absolute Gasteiger partial charge is 0.243 e. The number of thioether (sulfide) groups is 1. The number of hydrogen-bond donors (Lipinski definition) is 2. The number of hydrogen-bond acceptors (Lipinski definition) is 4. The van der Waals surface area contributed by atoms with Gasteiger partial charge in [-0.15, -0.1) is 0 Å². The Morgan fingerprint density at radius 3 is 2.60 bits per heavy atom. The molecule has 0 aliphatic carbocycles. The first-order chi connectivity index (χ1) is 9.33. The summed E-state index contributed by atoms with van der Waals surface area (Å²) in [6, 6.07) is 1.81. The Labute approximate surface area is 122 Å². The zero-order chi connectivity index (χ0) is 15.3. The SMILES string of the molecule is CSC(C)CCNS(=O)(=O)c1ccc(F)c(CN)c1F. The molecular weight excluding hydrogens is 306 g/mol. The number of halogens is 2. The van der Waals surface area contributed by atoms with Crippen LogP contribution in [-0.2, 0) is 16.6 Å². The minimum Gasteiger partial charge on any atom is -0.326 e. The van der Waals surface area contributed by atoms with E-state index in [4.69, 9.17) is 5.73 Å². The Bertz CT molecular complexity index is 565. The molecule has 1 rings (SSSR count). The van der Waals surface area contributed by atoms with E-state index in [1.807, 2.05) is 13.2 Å². The van der Waals surface area contributed by atoms with Gasteiger partial charge in [0, 0.05) is 23.9 Å². The first-order valence-electron chi connectivity index (χ1n) is 6.03. The van der Waals surface area contributed by atoms with Crippen LogP contribution in [-0.4, -0.2) is 26.5 Å². The molecule has 3 N–H and O–H groups in total. The van der Waals surface area contributed by atoms with Crippen LogP contribution in [0.1, 0.15) is 18.9 Å². The molecule has 0 heterocycles. The Kier molecular flexibility index (Phi) is 6.38. The van der Waals surface area contributed by atoms with Crippen LogP contribution in [0, 0.1) is 11.6 Å². The summed E-state index contributed by atoms with van der Waals surface area (Å²) < 4.78 is 53.5. The lowest BCUT2D eigenvalue weighted by atomic mass is 10.2. The molecule has 0 aliphatic heterocycles. The van der Waals surface area contributed by atoms with Crippen molar-refractivity contribution < 1.29 is 17.2 Å². The van der Waals surface area contributed by atoms with Crippen molar-refractivity contribution in [3.63, 3.8) is 0 Å². The molecule has 1 aromatic rings. The molecule has 114 valence electrons. The van der Waals surface area contributed by atoms with Gasteiger partial charge in [0.2, 0.25) is 10.0 Å². The topological polar surface area (TPSA) is 72.2 Å². The van der Waals surface area contributed by atoms with Gasteiger partial charge in [-0.05, 0) is 24.8 Å². The number of benzene rings is 1. The first-order valence-corrected chi connectivity index (χ1v) is 8.80.